The molecule has 0 aliphatic carbocycles. The Morgan fingerprint density at radius 3 is 2.95 bits per heavy atom. The summed E-state index contributed by atoms with van der Waals surface area (Å²) in [5.74, 6) is 0.595. The number of likely N-dealkylation sites (N-methyl/N-ethyl adjacent to an activating group) is 1. The van der Waals surface area contributed by atoms with Crippen molar-refractivity contribution in [1.29, 1.82) is 0 Å². The van der Waals surface area contributed by atoms with E-state index in [1.165, 1.54) is 12.3 Å². The first kappa shape index (κ1) is 16.2. The highest BCUT2D eigenvalue weighted by atomic mass is 32.2. The van der Waals surface area contributed by atoms with Gasteiger partial charge in [0.1, 0.15) is 5.82 Å². The molecule has 1 unspecified atom stereocenters. The van der Waals surface area contributed by atoms with Crippen LogP contribution in [-0.2, 0) is 10.0 Å². The summed E-state index contributed by atoms with van der Waals surface area (Å²) in [5.41, 5.74) is 0. The van der Waals surface area contributed by atoms with Gasteiger partial charge < -0.3 is 10.2 Å². The topological polar surface area (TPSA) is 74.3 Å². The first-order valence-corrected chi connectivity index (χ1v) is 8.91. The standard InChI is InChI=1S/C14H24N4O2S/c1-3-7-15-14-10-13(6-8-16-14)21(19,20)17-11-12-5-4-9-18(12)2/h6,8,10,12,17H,3-5,7,9,11H2,1-2H3,(H,15,16). The Labute approximate surface area is 127 Å². The Hall–Kier alpha value is -1.18. The quantitative estimate of drug-likeness (QED) is 0.793. The lowest BCUT2D eigenvalue weighted by Gasteiger charge is -2.19. The maximum atomic E-state index is 12.3. The SMILES string of the molecule is CCCNc1cc(S(=O)(=O)NCC2CCCN2C)ccn1. The number of hydrogen-bond acceptors (Lipinski definition) is 5. The number of aromatic nitrogens is 1. The van der Waals surface area contributed by atoms with Crippen molar-refractivity contribution >= 4 is 15.8 Å². The molecule has 2 heterocycles. The molecule has 0 spiro atoms. The van der Waals surface area contributed by atoms with Gasteiger partial charge in [-0.2, -0.15) is 0 Å². The number of sulfonamides is 1. The Bertz CT molecular complexity index is 562. The normalized spacial score (nSPS) is 19.8. The lowest BCUT2D eigenvalue weighted by atomic mass is 10.2. The van der Waals surface area contributed by atoms with Gasteiger partial charge in [0.15, 0.2) is 0 Å². The molecule has 1 saturated heterocycles. The predicted molar refractivity (Wildman–Crippen MR) is 83.9 cm³/mol. The maximum absolute atomic E-state index is 12.3. The Balaban J connectivity index is 2.01. The molecule has 0 radical (unpaired) electrons. The third-order valence-electron chi connectivity index (χ3n) is 3.78. The number of anilines is 1. The molecular weight excluding hydrogens is 288 g/mol. The van der Waals surface area contributed by atoms with Gasteiger partial charge in [0.2, 0.25) is 10.0 Å². The van der Waals surface area contributed by atoms with Crippen molar-refractivity contribution in [1.82, 2.24) is 14.6 Å². The van der Waals surface area contributed by atoms with Crippen LogP contribution in [0.2, 0.25) is 0 Å². The molecule has 0 amide bonds. The lowest BCUT2D eigenvalue weighted by molar-refractivity contribution is 0.311. The summed E-state index contributed by atoms with van der Waals surface area (Å²) >= 11 is 0. The molecule has 1 aliphatic rings. The molecule has 1 aliphatic heterocycles. The van der Waals surface area contributed by atoms with Crippen molar-refractivity contribution in [2.45, 2.75) is 37.1 Å². The van der Waals surface area contributed by atoms with Gasteiger partial charge in [0, 0.05) is 31.4 Å². The van der Waals surface area contributed by atoms with Gasteiger partial charge in [0.05, 0.1) is 4.90 Å². The van der Waals surface area contributed by atoms with Crippen LogP contribution >= 0.6 is 0 Å². The molecule has 1 aromatic rings. The Kier molecular flexibility index (Phi) is 5.55. The molecule has 21 heavy (non-hydrogen) atoms. The van der Waals surface area contributed by atoms with Gasteiger partial charge in [-0.05, 0) is 38.9 Å². The molecule has 1 atom stereocenters. The van der Waals surface area contributed by atoms with E-state index in [4.69, 9.17) is 0 Å². The molecule has 2 N–H and O–H groups in total. The monoisotopic (exact) mass is 312 g/mol. The highest BCUT2D eigenvalue weighted by Crippen LogP contribution is 2.16. The zero-order valence-electron chi connectivity index (χ0n) is 12.7. The van der Waals surface area contributed by atoms with Crippen LogP contribution in [0, 0.1) is 0 Å². The van der Waals surface area contributed by atoms with Gasteiger partial charge in [-0.3, -0.25) is 0 Å². The summed E-state index contributed by atoms with van der Waals surface area (Å²) in [6.45, 7) is 4.32. The van der Waals surface area contributed by atoms with Gasteiger partial charge in [-0.25, -0.2) is 18.1 Å². The smallest absolute Gasteiger partial charge is 0.240 e. The summed E-state index contributed by atoms with van der Waals surface area (Å²) in [7, 11) is -1.44. The van der Waals surface area contributed by atoms with E-state index in [0.717, 1.165) is 32.4 Å². The van der Waals surface area contributed by atoms with Crippen molar-refractivity contribution in [2.75, 3.05) is 32.0 Å². The zero-order valence-corrected chi connectivity index (χ0v) is 13.5. The average Bonchev–Trinajstić information content (AvgIpc) is 2.89. The molecule has 6 nitrogen and oxygen atoms in total. The van der Waals surface area contributed by atoms with E-state index in [9.17, 15) is 8.42 Å². The van der Waals surface area contributed by atoms with Crippen LogP contribution in [0.3, 0.4) is 0 Å². The Morgan fingerprint density at radius 2 is 2.29 bits per heavy atom. The van der Waals surface area contributed by atoms with E-state index in [1.54, 1.807) is 6.07 Å². The highest BCUT2D eigenvalue weighted by Gasteiger charge is 2.23. The fraction of sp³-hybridized carbons (Fsp3) is 0.643. The number of hydrogen-bond donors (Lipinski definition) is 2. The second-order valence-electron chi connectivity index (χ2n) is 5.43. The fourth-order valence-electron chi connectivity index (χ4n) is 2.45. The summed E-state index contributed by atoms with van der Waals surface area (Å²) in [4.78, 5) is 6.59. The molecule has 118 valence electrons. The van der Waals surface area contributed by atoms with Crippen LogP contribution in [0.5, 0.6) is 0 Å². The minimum atomic E-state index is -3.48. The number of rotatable bonds is 7. The minimum Gasteiger partial charge on any atom is -0.370 e. The lowest BCUT2D eigenvalue weighted by Crippen LogP contribution is -2.38. The highest BCUT2D eigenvalue weighted by molar-refractivity contribution is 7.89. The van der Waals surface area contributed by atoms with Crippen LogP contribution in [0.25, 0.3) is 0 Å². The van der Waals surface area contributed by atoms with Gasteiger partial charge in [-0.1, -0.05) is 6.92 Å². The molecule has 1 aromatic heterocycles. The second-order valence-corrected chi connectivity index (χ2v) is 7.20. The first-order chi connectivity index (χ1) is 10.0. The van der Waals surface area contributed by atoms with Crippen LogP contribution in [0.15, 0.2) is 23.2 Å². The van der Waals surface area contributed by atoms with E-state index < -0.39 is 10.0 Å². The zero-order chi connectivity index (χ0) is 15.3. The number of likely N-dealkylation sites (tertiary alicyclic amines) is 1. The van der Waals surface area contributed by atoms with Gasteiger partial charge in [0.25, 0.3) is 0 Å². The van der Waals surface area contributed by atoms with Gasteiger partial charge in [-0.15, -0.1) is 0 Å². The van der Waals surface area contributed by atoms with E-state index in [0.29, 0.717) is 18.4 Å². The second kappa shape index (κ2) is 7.20. The number of nitrogens with zero attached hydrogens (tertiary/aromatic N) is 2. The third kappa shape index (κ3) is 4.39. The summed E-state index contributed by atoms with van der Waals surface area (Å²) in [6, 6.07) is 3.40. The third-order valence-corrected chi connectivity index (χ3v) is 5.20. The van der Waals surface area contributed by atoms with E-state index >= 15 is 0 Å². The predicted octanol–water partition coefficient (Wildman–Crippen LogP) is 1.28. The summed E-state index contributed by atoms with van der Waals surface area (Å²) in [6.07, 6.45) is 4.65. The summed E-state index contributed by atoms with van der Waals surface area (Å²) < 4.78 is 27.4. The van der Waals surface area contributed by atoms with Crippen LogP contribution in [-0.4, -0.2) is 51.0 Å². The fourth-order valence-corrected chi connectivity index (χ4v) is 3.54. The van der Waals surface area contributed by atoms with Gasteiger partial charge >= 0.3 is 0 Å². The molecule has 1 fully saturated rings. The van der Waals surface area contributed by atoms with E-state index in [-0.39, 0.29) is 4.90 Å². The van der Waals surface area contributed by atoms with Crippen molar-refractivity contribution in [2.24, 2.45) is 0 Å². The number of pyridine rings is 1. The summed E-state index contributed by atoms with van der Waals surface area (Å²) in [5, 5.41) is 3.10. The number of nitrogens with one attached hydrogen (secondary N) is 2. The van der Waals surface area contributed by atoms with Crippen LogP contribution < -0.4 is 10.0 Å². The molecule has 0 aromatic carbocycles. The molecular formula is C14H24N4O2S. The minimum absolute atomic E-state index is 0.261. The van der Waals surface area contributed by atoms with Crippen LogP contribution in [0.1, 0.15) is 26.2 Å². The molecule has 7 heteroatoms. The molecule has 0 saturated carbocycles. The van der Waals surface area contributed by atoms with E-state index in [1.807, 2.05) is 14.0 Å². The molecule has 2 rings (SSSR count). The van der Waals surface area contributed by atoms with Crippen molar-refractivity contribution in [3.8, 4) is 0 Å². The molecule has 0 bridgehead atoms. The van der Waals surface area contributed by atoms with Crippen molar-refractivity contribution < 1.29 is 8.42 Å². The first-order valence-electron chi connectivity index (χ1n) is 7.43. The average molecular weight is 312 g/mol. The Morgan fingerprint density at radius 1 is 1.48 bits per heavy atom. The maximum Gasteiger partial charge on any atom is 0.240 e. The van der Waals surface area contributed by atoms with Crippen LogP contribution in [0.4, 0.5) is 5.82 Å². The van der Waals surface area contributed by atoms with E-state index in [2.05, 4.69) is 19.9 Å². The van der Waals surface area contributed by atoms with Crippen molar-refractivity contribution in [3.63, 3.8) is 0 Å². The largest absolute Gasteiger partial charge is 0.370 e. The van der Waals surface area contributed by atoms with Crippen molar-refractivity contribution in [3.05, 3.63) is 18.3 Å².